The number of aromatic nitrogens is 1. The number of anilines is 1. The zero-order valence-electron chi connectivity index (χ0n) is 13.1. The summed E-state index contributed by atoms with van der Waals surface area (Å²) in [5.41, 5.74) is 2.34. The van der Waals surface area contributed by atoms with E-state index in [9.17, 15) is 4.79 Å². The number of carboxylic acid groups (broad SMARTS) is 1. The van der Waals surface area contributed by atoms with Gasteiger partial charge in [-0.25, -0.2) is 4.98 Å². The predicted octanol–water partition coefficient (Wildman–Crippen LogP) is 3.67. The lowest BCUT2D eigenvalue weighted by Crippen LogP contribution is -2.27. The Balaban J connectivity index is 1.96. The molecule has 0 amide bonds. The minimum Gasteiger partial charge on any atom is -0.481 e. The van der Waals surface area contributed by atoms with Gasteiger partial charge in [0.15, 0.2) is 5.13 Å². The van der Waals surface area contributed by atoms with E-state index in [1.54, 1.807) is 11.3 Å². The molecule has 0 aliphatic carbocycles. The van der Waals surface area contributed by atoms with Crippen LogP contribution >= 0.6 is 11.3 Å². The number of aryl methyl sites for hydroxylation is 3. The Labute approximate surface area is 135 Å². The molecule has 0 bridgehead atoms. The first kappa shape index (κ1) is 16.5. The summed E-state index contributed by atoms with van der Waals surface area (Å²) in [6, 6.07) is 10.4. The van der Waals surface area contributed by atoms with Crippen molar-refractivity contribution in [1.82, 2.24) is 4.98 Å². The standard InChI is InChI=1S/C17H22N2O2S/c1-13-14(2)22-17(18-13)19(12-10-16(20)21)11-6-9-15-7-4-3-5-8-15/h3-5,7-8H,6,9-12H2,1-2H3,(H,20,21). The van der Waals surface area contributed by atoms with Gasteiger partial charge < -0.3 is 10.0 Å². The van der Waals surface area contributed by atoms with Gasteiger partial charge in [0, 0.05) is 18.0 Å². The van der Waals surface area contributed by atoms with Crippen molar-refractivity contribution in [3.05, 3.63) is 46.5 Å². The van der Waals surface area contributed by atoms with Crippen molar-refractivity contribution in [3.63, 3.8) is 0 Å². The first-order valence-electron chi connectivity index (χ1n) is 7.51. The second-order valence-corrected chi connectivity index (χ2v) is 6.54. The van der Waals surface area contributed by atoms with E-state index in [2.05, 4.69) is 28.9 Å². The van der Waals surface area contributed by atoms with Crippen LogP contribution in [0.15, 0.2) is 30.3 Å². The van der Waals surface area contributed by atoms with Crippen molar-refractivity contribution in [2.24, 2.45) is 0 Å². The molecule has 0 saturated carbocycles. The zero-order chi connectivity index (χ0) is 15.9. The fraction of sp³-hybridized carbons (Fsp3) is 0.412. The van der Waals surface area contributed by atoms with E-state index in [0.29, 0.717) is 6.54 Å². The summed E-state index contributed by atoms with van der Waals surface area (Å²) in [6.45, 7) is 5.38. The largest absolute Gasteiger partial charge is 0.481 e. The summed E-state index contributed by atoms with van der Waals surface area (Å²) in [6.07, 6.45) is 2.12. The molecule has 0 radical (unpaired) electrons. The van der Waals surface area contributed by atoms with Gasteiger partial charge in [-0.15, -0.1) is 11.3 Å². The van der Waals surface area contributed by atoms with Gasteiger partial charge in [-0.05, 0) is 32.3 Å². The average Bonchev–Trinajstić information content (AvgIpc) is 2.83. The summed E-state index contributed by atoms with van der Waals surface area (Å²) >= 11 is 1.64. The highest BCUT2D eigenvalue weighted by molar-refractivity contribution is 7.15. The molecule has 1 aromatic heterocycles. The summed E-state index contributed by atoms with van der Waals surface area (Å²) < 4.78 is 0. The van der Waals surface area contributed by atoms with Crippen molar-refractivity contribution >= 4 is 22.4 Å². The topological polar surface area (TPSA) is 53.4 Å². The molecule has 1 N–H and O–H groups in total. The number of aliphatic carboxylic acids is 1. The fourth-order valence-corrected chi connectivity index (χ4v) is 3.20. The number of thiazole rings is 1. The second-order valence-electron chi connectivity index (χ2n) is 5.36. The van der Waals surface area contributed by atoms with Gasteiger partial charge in [-0.1, -0.05) is 30.3 Å². The Morgan fingerprint density at radius 2 is 1.95 bits per heavy atom. The first-order valence-corrected chi connectivity index (χ1v) is 8.32. The van der Waals surface area contributed by atoms with Crippen molar-refractivity contribution in [1.29, 1.82) is 0 Å². The molecule has 0 saturated heterocycles. The Bertz CT molecular complexity index is 591. The van der Waals surface area contributed by atoms with Gasteiger partial charge in [-0.2, -0.15) is 0 Å². The third-order valence-electron chi connectivity index (χ3n) is 3.62. The summed E-state index contributed by atoms with van der Waals surface area (Å²) in [7, 11) is 0. The zero-order valence-corrected chi connectivity index (χ0v) is 13.9. The van der Waals surface area contributed by atoms with Crippen molar-refractivity contribution in [2.75, 3.05) is 18.0 Å². The molecule has 2 aromatic rings. The molecule has 1 heterocycles. The van der Waals surface area contributed by atoms with Gasteiger partial charge in [-0.3, -0.25) is 4.79 Å². The molecule has 22 heavy (non-hydrogen) atoms. The number of hydrogen-bond donors (Lipinski definition) is 1. The second kappa shape index (κ2) is 7.94. The van der Waals surface area contributed by atoms with Crippen LogP contribution in [0.25, 0.3) is 0 Å². The Hall–Kier alpha value is -1.88. The van der Waals surface area contributed by atoms with Crippen LogP contribution in [-0.4, -0.2) is 29.1 Å². The van der Waals surface area contributed by atoms with Crippen LogP contribution in [0.2, 0.25) is 0 Å². The minimum absolute atomic E-state index is 0.142. The summed E-state index contributed by atoms with van der Waals surface area (Å²) in [4.78, 5) is 18.7. The Kier molecular flexibility index (Phi) is 5.95. The third kappa shape index (κ3) is 4.84. The van der Waals surface area contributed by atoms with E-state index >= 15 is 0 Å². The number of hydrogen-bond acceptors (Lipinski definition) is 4. The van der Waals surface area contributed by atoms with Crippen LogP contribution in [0.5, 0.6) is 0 Å². The molecule has 0 aliphatic rings. The van der Waals surface area contributed by atoms with E-state index in [1.807, 2.05) is 25.1 Å². The van der Waals surface area contributed by atoms with E-state index in [-0.39, 0.29) is 6.42 Å². The van der Waals surface area contributed by atoms with Gasteiger partial charge in [0.25, 0.3) is 0 Å². The smallest absolute Gasteiger partial charge is 0.305 e. The normalized spacial score (nSPS) is 10.6. The summed E-state index contributed by atoms with van der Waals surface area (Å²) in [5, 5.41) is 9.86. The highest BCUT2D eigenvalue weighted by Crippen LogP contribution is 2.25. The van der Waals surface area contributed by atoms with Crippen LogP contribution in [0, 0.1) is 13.8 Å². The first-order chi connectivity index (χ1) is 10.6. The van der Waals surface area contributed by atoms with Gasteiger partial charge in [0.05, 0.1) is 12.1 Å². The SMILES string of the molecule is Cc1nc(N(CCCc2ccccc2)CCC(=O)O)sc1C. The molecule has 4 nitrogen and oxygen atoms in total. The molecule has 0 unspecified atom stereocenters. The van der Waals surface area contributed by atoms with E-state index in [4.69, 9.17) is 5.11 Å². The van der Waals surface area contributed by atoms with Crippen molar-refractivity contribution in [3.8, 4) is 0 Å². The number of rotatable bonds is 8. The van der Waals surface area contributed by atoms with Gasteiger partial charge in [0.2, 0.25) is 0 Å². The van der Waals surface area contributed by atoms with Gasteiger partial charge in [0.1, 0.15) is 0 Å². The molecular weight excluding hydrogens is 296 g/mol. The number of carbonyl (C=O) groups is 1. The molecule has 1 aromatic carbocycles. The average molecular weight is 318 g/mol. The van der Waals surface area contributed by atoms with E-state index in [1.165, 1.54) is 10.4 Å². The minimum atomic E-state index is -0.766. The molecule has 118 valence electrons. The fourth-order valence-electron chi connectivity index (χ4n) is 2.24. The highest BCUT2D eigenvalue weighted by Gasteiger charge is 2.13. The maximum atomic E-state index is 10.9. The lowest BCUT2D eigenvalue weighted by molar-refractivity contribution is -0.136. The summed E-state index contributed by atoms with van der Waals surface area (Å²) in [5.74, 6) is -0.766. The van der Waals surface area contributed by atoms with Crippen LogP contribution in [0.3, 0.4) is 0 Å². The molecular formula is C17H22N2O2S. The molecule has 0 atom stereocenters. The van der Waals surface area contributed by atoms with Crippen LogP contribution in [-0.2, 0) is 11.2 Å². The maximum absolute atomic E-state index is 10.9. The molecule has 0 spiro atoms. The van der Waals surface area contributed by atoms with Crippen molar-refractivity contribution < 1.29 is 9.90 Å². The van der Waals surface area contributed by atoms with Crippen molar-refractivity contribution in [2.45, 2.75) is 33.1 Å². The Morgan fingerprint density at radius 1 is 1.23 bits per heavy atom. The molecule has 0 fully saturated rings. The predicted molar refractivity (Wildman–Crippen MR) is 90.8 cm³/mol. The van der Waals surface area contributed by atoms with Crippen LogP contribution in [0.4, 0.5) is 5.13 Å². The lowest BCUT2D eigenvalue weighted by Gasteiger charge is -2.21. The number of carboxylic acids is 1. The number of nitrogens with zero attached hydrogens (tertiary/aromatic N) is 2. The van der Waals surface area contributed by atoms with E-state index < -0.39 is 5.97 Å². The third-order valence-corrected chi connectivity index (χ3v) is 4.75. The number of benzene rings is 1. The van der Waals surface area contributed by atoms with E-state index in [0.717, 1.165) is 30.2 Å². The molecule has 5 heteroatoms. The maximum Gasteiger partial charge on any atom is 0.305 e. The Morgan fingerprint density at radius 3 is 2.55 bits per heavy atom. The van der Waals surface area contributed by atoms with Gasteiger partial charge >= 0.3 is 5.97 Å². The monoisotopic (exact) mass is 318 g/mol. The molecule has 2 rings (SSSR count). The van der Waals surface area contributed by atoms with Crippen LogP contribution < -0.4 is 4.90 Å². The van der Waals surface area contributed by atoms with Crippen LogP contribution in [0.1, 0.15) is 29.0 Å². The highest BCUT2D eigenvalue weighted by atomic mass is 32.1. The lowest BCUT2D eigenvalue weighted by atomic mass is 10.1. The quantitative estimate of drug-likeness (QED) is 0.807. The molecule has 0 aliphatic heterocycles.